The van der Waals surface area contributed by atoms with Crippen molar-refractivity contribution >= 4 is 23.6 Å². The number of amides is 2. The molecule has 0 saturated heterocycles. The minimum Gasteiger partial charge on any atom is -0.492 e. The van der Waals surface area contributed by atoms with E-state index in [1.807, 2.05) is 6.92 Å². The maximum Gasteiger partial charge on any atom is 0.405 e. The van der Waals surface area contributed by atoms with Gasteiger partial charge in [-0.1, -0.05) is 38.2 Å². The van der Waals surface area contributed by atoms with Crippen LogP contribution in [0.2, 0.25) is 0 Å². The van der Waals surface area contributed by atoms with Gasteiger partial charge in [-0.3, -0.25) is 14.4 Å². The van der Waals surface area contributed by atoms with Gasteiger partial charge in [0, 0.05) is 37.4 Å². The minimum atomic E-state index is -1.00. The van der Waals surface area contributed by atoms with Gasteiger partial charge in [0.25, 0.3) is 5.91 Å². The second kappa shape index (κ2) is 14.7. The minimum absolute atomic E-state index is 0.0801. The van der Waals surface area contributed by atoms with E-state index in [0.29, 0.717) is 12.0 Å². The molecule has 2 amide bonds. The molecule has 0 aromatic heterocycles. The Morgan fingerprint density at radius 3 is 2.35 bits per heavy atom. The average Bonchev–Trinajstić information content (AvgIpc) is 2.90. The van der Waals surface area contributed by atoms with Crippen LogP contribution in [0.3, 0.4) is 0 Å². The van der Waals surface area contributed by atoms with E-state index in [2.05, 4.69) is 5.32 Å². The fourth-order valence-corrected chi connectivity index (χ4v) is 4.78. The van der Waals surface area contributed by atoms with Gasteiger partial charge < -0.3 is 35.1 Å². The molecule has 2 rings (SSSR count). The number of carbonyl (C=O) groups excluding carboxylic acids is 4. The lowest BCUT2D eigenvalue weighted by molar-refractivity contribution is -0.120. The van der Waals surface area contributed by atoms with Crippen molar-refractivity contribution in [3.05, 3.63) is 58.6 Å². The van der Waals surface area contributed by atoms with Crippen molar-refractivity contribution in [2.24, 2.45) is 17.6 Å². The maximum atomic E-state index is 13.3. The van der Waals surface area contributed by atoms with Gasteiger partial charge in [0.05, 0.1) is 25.0 Å². The molecule has 0 radical (unpaired) electrons. The highest BCUT2D eigenvalue weighted by Gasteiger charge is 2.34. The summed E-state index contributed by atoms with van der Waals surface area (Å²) in [6, 6.07) is 0. The number of aliphatic hydroxyl groups is 1. The number of carbonyl (C=O) groups is 4. The fraction of sp³-hybridized carbons (Fsp3) is 0.517. The molecule has 6 atom stereocenters. The van der Waals surface area contributed by atoms with Crippen LogP contribution in [0.15, 0.2) is 58.6 Å². The Hall–Kier alpha value is -3.54. The van der Waals surface area contributed by atoms with E-state index in [9.17, 15) is 24.3 Å². The molecular formula is C29H40N2O9. The third kappa shape index (κ3) is 8.23. The highest BCUT2D eigenvalue weighted by Crippen LogP contribution is 2.29. The Labute approximate surface area is 234 Å². The second-order valence-electron chi connectivity index (χ2n) is 10.1. The predicted octanol–water partition coefficient (Wildman–Crippen LogP) is 2.41. The number of ether oxygens (including phenoxy) is 4. The highest BCUT2D eigenvalue weighted by molar-refractivity contribution is 6.23. The van der Waals surface area contributed by atoms with Crippen LogP contribution in [-0.2, 0) is 33.3 Å². The molecule has 0 aromatic rings. The van der Waals surface area contributed by atoms with Crippen molar-refractivity contribution in [2.45, 2.75) is 65.0 Å². The van der Waals surface area contributed by atoms with Crippen LogP contribution in [0.25, 0.3) is 0 Å². The van der Waals surface area contributed by atoms with Crippen LogP contribution in [0.1, 0.15) is 40.5 Å². The van der Waals surface area contributed by atoms with Crippen LogP contribution < -0.4 is 11.1 Å². The lowest BCUT2D eigenvalue weighted by atomic mass is 9.85. The zero-order chi connectivity index (χ0) is 30.1. The number of methoxy groups -OCH3 is 3. The van der Waals surface area contributed by atoms with Gasteiger partial charge in [0.15, 0.2) is 11.9 Å². The first kappa shape index (κ1) is 32.7. The highest BCUT2D eigenvalue weighted by atomic mass is 16.6. The van der Waals surface area contributed by atoms with E-state index < -0.39 is 53.9 Å². The molecule has 1 aliphatic carbocycles. The van der Waals surface area contributed by atoms with E-state index in [0.717, 1.165) is 6.08 Å². The molecule has 1 aliphatic heterocycles. The zero-order valence-electron chi connectivity index (χ0n) is 24.1. The van der Waals surface area contributed by atoms with Gasteiger partial charge in [-0.25, -0.2) is 4.79 Å². The smallest absolute Gasteiger partial charge is 0.405 e. The molecule has 0 spiro atoms. The largest absolute Gasteiger partial charge is 0.492 e. The van der Waals surface area contributed by atoms with Crippen molar-refractivity contribution in [2.75, 3.05) is 21.3 Å². The molecule has 11 heteroatoms. The summed E-state index contributed by atoms with van der Waals surface area (Å²) >= 11 is 0. The van der Waals surface area contributed by atoms with E-state index >= 15 is 0 Å². The quantitative estimate of drug-likeness (QED) is 0.346. The monoisotopic (exact) mass is 560 g/mol. The molecule has 11 nitrogen and oxygen atoms in total. The third-order valence-electron chi connectivity index (χ3n) is 6.95. The number of nitrogens with two attached hydrogens (primary N) is 1. The Bertz CT molecular complexity index is 1150. The SMILES string of the molecule is COC1=C2C[C@H](C)C[C@H](OC)[C@H](O)[C@H](C)C=C(C)[C@@H](OC(N)=O)[C@@H](OC)C=CC=C(C)C(=O)NC(=CC1=O)C2=O. The first-order valence-corrected chi connectivity index (χ1v) is 13.0. The van der Waals surface area contributed by atoms with Crippen molar-refractivity contribution in [1.82, 2.24) is 5.32 Å². The van der Waals surface area contributed by atoms with Gasteiger partial charge in [0.1, 0.15) is 6.10 Å². The van der Waals surface area contributed by atoms with Crippen molar-refractivity contribution in [1.29, 1.82) is 0 Å². The number of hydrogen-bond acceptors (Lipinski definition) is 9. The first-order valence-electron chi connectivity index (χ1n) is 13.0. The number of nitrogens with one attached hydrogen (secondary N) is 1. The first-order chi connectivity index (χ1) is 18.8. The predicted molar refractivity (Wildman–Crippen MR) is 147 cm³/mol. The molecule has 0 fully saturated rings. The average molecular weight is 561 g/mol. The summed E-state index contributed by atoms with van der Waals surface area (Å²) in [4.78, 5) is 50.6. The Balaban J connectivity index is 2.60. The van der Waals surface area contributed by atoms with E-state index in [1.165, 1.54) is 34.3 Å². The number of primary amides is 1. The van der Waals surface area contributed by atoms with E-state index in [-0.39, 0.29) is 34.9 Å². The molecule has 2 bridgehead atoms. The third-order valence-corrected chi connectivity index (χ3v) is 6.95. The molecule has 220 valence electrons. The summed E-state index contributed by atoms with van der Waals surface area (Å²) in [5.41, 5.74) is 6.12. The zero-order valence-corrected chi connectivity index (χ0v) is 24.1. The number of rotatable bonds is 4. The number of hydrogen-bond donors (Lipinski definition) is 3. The van der Waals surface area contributed by atoms with Crippen LogP contribution in [-0.4, -0.2) is 74.4 Å². The van der Waals surface area contributed by atoms with E-state index in [1.54, 1.807) is 32.1 Å². The molecule has 40 heavy (non-hydrogen) atoms. The van der Waals surface area contributed by atoms with Crippen molar-refractivity contribution in [3.8, 4) is 0 Å². The summed E-state index contributed by atoms with van der Waals surface area (Å²) in [5, 5.41) is 13.7. The number of allylic oxidation sites excluding steroid dienone is 4. The van der Waals surface area contributed by atoms with Gasteiger partial charge in [-0.2, -0.15) is 0 Å². The number of ketones is 2. The van der Waals surface area contributed by atoms with Gasteiger partial charge in [-0.05, 0) is 38.2 Å². The summed E-state index contributed by atoms with van der Waals surface area (Å²) < 4.78 is 21.7. The summed E-state index contributed by atoms with van der Waals surface area (Å²) in [5.74, 6) is -2.39. The molecule has 1 heterocycles. The lowest BCUT2D eigenvalue weighted by Crippen LogP contribution is -2.37. The normalized spacial score (nSPS) is 29.3. The van der Waals surface area contributed by atoms with Crippen molar-refractivity contribution in [3.63, 3.8) is 0 Å². The maximum absolute atomic E-state index is 13.3. The second-order valence-corrected chi connectivity index (χ2v) is 10.1. The Kier molecular flexibility index (Phi) is 12.0. The van der Waals surface area contributed by atoms with Crippen LogP contribution >= 0.6 is 0 Å². The lowest BCUT2D eigenvalue weighted by Gasteiger charge is -2.29. The molecular weight excluding hydrogens is 520 g/mol. The summed E-state index contributed by atoms with van der Waals surface area (Å²) in [6.07, 6.45) is 3.61. The summed E-state index contributed by atoms with van der Waals surface area (Å²) in [7, 11) is 4.21. The summed E-state index contributed by atoms with van der Waals surface area (Å²) in [6.45, 7) is 6.92. The Morgan fingerprint density at radius 2 is 1.77 bits per heavy atom. The van der Waals surface area contributed by atoms with Gasteiger partial charge in [0.2, 0.25) is 11.6 Å². The molecule has 0 unspecified atom stereocenters. The van der Waals surface area contributed by atoms with Crippen LogP contribution in [0, 0.1) is 11.8 Å². The fourth-order valence-electron chi connectivity index (χ4n) is 4.78. The van der Waals surface area contributed by atoms with Crippen LogP contribution in [0.4, 0.5) is 4.79 Å². The topological polar surface area (TPSA) is 163 Å². The number of Topliss-reactive ketones (excluding diaryl/α,β-unsaturated/α-hetero) is 1. The molecule has 2 aliphatic rings. The molecule has 0 aromatic carbocycles. The van der Waals surface area contributed by atoms with Crippen molar-refractivity contribution < 1.29 is 43.2 Å². The van der Waals surface area contributed by atoms with Gasteiger partial charge >= 0.3 is 6.09 Å². The Morgan fingerprint density at radius 1 is 1.10 bits per heavy atom. The number of fused-ring (bicyclic) bond motifs is 2. The van der Waals surface area contributed by atoms with Crippen LogP contribution in [0.5, 0.6) is 0 Å². The number of aliphatic hydroxyl groups excluding tert-OH is 1. The molecule has 0 saturated carbocycles. The van der Waals surface area contributed by atoms with E-state index in [4.69, 9.17) is 24.7 Å². The molecule has 4 N–H and O–H groups in total. The standard InChI is InChI=1S/C29H40N2O9/c1-15-11-19-25(34)20(14-21(32)27(19)39-7)31-28(35)16(2)9-8-10-22(37-5)26(40-29(30)36)18(4)13-17(3)24(33)23(12-15)38-6/h8-10,13-15,17,22-24,26,33H,11-12H2,1-7H3,(H2,30,36)(H,31,35)/t15-,17+,22-,23-,24+,26+/m0/s1. The van der Waals surface area contributed by atoms with Gasteiger partial charge in [-0.15, -0.1) is 0 Å².